The van der Waals surface area contributed by atoms with Crippen molar-refractivity contribution >= 4 is 29.1 Å². The summed E-state index contributed by atoms with van der Waals surface area (Å²) in [6.07, 6.45) is 0. The third-order valence-electron chi connectivity index (χ3n) is 1.69. The minimum absolute atomic E-state index is 0.104. The number of aliphatic hydroxyl groups is 1. The van der Waals surface area contributed by atoms with Crippen molar-refractivity contribution in [3.8, 4) is 5.75 Å². The van der Waals surface area contributed by atoms with Gasteiger partial charge in [0, 0.05) is 11.6 Å². The maximum Gasteiger partial charge on any atom is 0.258 e. The Bertz CT molecular complexity index is 371. The molecule has 2 N–H and O–H groups in total. The number of ether oxygens (including phenoxy) is 1. The molecule has 0 atom stereocenters. The average Bonchev–Trinajstić information content (AvgIpc) is 2.25. The summed E-state index contributed by atoms with van der Waals surface area (Å²) in [6.45, 7) is -0.0503. The number of carbonyl (C=O) groups excluding carboxylic acids is 1. The van der Waals surface area contributed by atoms with Crippen LogP contribution in [0.25, 0.3) is 0 Å². The van der Waals surface area contributed by atoms with Gasteiger partial charge in [-0.25, -0.2) is 0 Å². The Morgan fingerprint density at radius 2 is 2.19 bits per heavy atom. The van der Waals surface area contributed by atoms with Crippen molar-refractivity contribution in [2.24, 2.45) is 0 Å². The van der Waals surface area contributed by atoms with Crippen molar-refractivity contribution in [1.29, 1.82) is 0 Å². The van der Waals surface area contributed by atoms with Crippen LogP contribution in [0, 0.1) is 0 Å². The standard InChI is InChI=1S/C10H11Cl2NO3/c11-7-1-2-9(8(12)5-7)16-6-10(15)13-3-4-14/h1-2,5,14H,3-4,6H2,(H,13,15). The van der Waals surface area contributed by atoms with Gasteiger partial charge in [0.2, 0.25) is 0 Å². The molecule has 0 saturated heterocycles. The van der Waals surface area contributed by atoms with Crippen LogP contribution in [0.5, 0.6) is 5.75 Å². The molecule has 1 aromatic rings. The summed E-state index contributed by atoms with van der Waals surface area (Å²) in [6, 6.07) is 4.74. The largest absolute Gasteiger partial charge is 0.482 e. The number of hydrogen-bond donors (Lipinski definition) is 2. The Morgan fingerprint density at radius 3 is 2.81 bits per heavy atom. The number of aliphatic hydroxyl groups excluding tert-OH is 1. The lowest BCUT2D eigenvalue weighted by molar-refractivity contribution is -0.123. The van der Waals surface area contributed by atoms with Gasteiger partial charge in [0.25, 0.3) is 5.91 Å². The number of hydrogen-bond acceptors (Lipinski definition) is 3. The summed E-state index contributed by atoms with van der Waals surface area (Å²) in [4.78, 5) is 11.1. The van der Waals surface area contributed by atoms with E-state index in [1.165, 1.54) is 6.07 Å². The van der Waals surface area contributed by atoms with Gasteiger partial charge < -0.3 is 15.2 Å². The second-order valence-electron chi connectivity index (χ2n) is 2.94. The second kappa shape index (κ2) is 6.58. The van der Waals surface area contributed by atoms with Crippen LogP contribution < -0.4 is 10.1 Å². The van der Waals surface area contributed by atoms with Crippen molar-refractivity contribution < 1.29 is 14.6 Å². The van der Waals surface area contributed by atoms with Crippen LogP contribution >= 0.6 is 23.2 Å². The SMILES string of the molecule is O=C(COc1ccc(Cl)cc1Cl)NCCO. The first-order chi connectivity index (χ1) is 7.63. The van der Waals surface area contributed by atoms with Crippen molar-refractivity contribution in [2.45, 2.75) is 0 Å². The molecule has 0 aliphatic rings. The molecule has 88 valence electrons. The van der Waals surface area contributed by atoms with Crippen molar-refractivity contribution in [3.63, 3.8) is 0 Å². The maximum atomic E-state index is 11.1. The predicted octanol–water partition coefficient (Wildman–Crippen LogP) is 1.48. The highest BCUT2D eigenvalue weighted by molar-refractivity contribution is 6.35. The molecule has 0 aromatic heterocycles. The monoisotopic (exact) mass is 263 g/mol. The maximum absolute atomic E-state index is 11.1. The molecule has 0 spiro atoms. The first kappa shape index (κ1) is 13.1. The van der Waals surface area contributed by atoms with E-state index < -0.39 is 0 Å². The number of benzene rings is 1. The van der Waals surface area contributed by atoms with Crippen LogP contribution in [-0.2, 0) is 4.79 Å². The number of carbonyl (C=O) groups is 1. The van der Waals surface area contributed by atoms with E-state index in [2.05, 4.69) is 5.32 Å². The van der Waals surface area contributed by atoms with E-state index >= 15 is 0 Å². The smallest absolute Gasteiger partial charge is 0.258 e. The molecule has 1 amide bonds. The Labute approximate surface area is 103 Å². The van der Waals surface area contributed by atoms with Crippen LogP contribution in [0.1, 0.15) is 0 Å². The molecule has 6 heteroatoms. The fraction of sp³-hybridized carbons (Fsp3) is 0.300. The molecule has 4 nitrogen and oxygen atoms in total. The molecule has 0 radical (unpaired) electrons. The molecular weight excluding hydrogens is 253 g/mol. The summed E-state index contributed by atoms with van der Waals surface area (Å²) >= 11 is 11.5. The molecule has 0 saturated carbocycles. The lowest BCUT2D eigenvalue weighted by Crippen LogP contribution is -2.31. The van der Waals surface area contributed by atoms with Gasteiger partial charge in [-0.15, -0.1) is 0 Å². The molecule has 0 heterocycles. The second-order valence-corrected chi connectivity index (χ2v) is 3.78. The number of halogens is 2. The molecule has 0 unspecified atom stereocenters. The van der Waals surface area contributed by atoms with Crippen LogP contribution in [0.2, 0.25) is 10.0 Å². The van der Waals surface area contributed by atoms with Crippen molar-refractivity contribution in [2.75, 3.05) is 19.8 Å². The van der Waals surface area contributed by atoms with Crippen LogP contribution in [-0.4, -0.2) is 30.8 Å². The van der Waals surface area contributed by atoms with E-state index in [4.69, 9.17) is 33.0 Å². The van der Waals surface area contributed by atoms with Crippen LogP contribution in [0.3, 0.4) is 0 Å². The van der Waals surface area contributed by atoms with Crippen LogP contribution in [0.15, 0.2) is 18.2 Å². The van der Waals surface area contributed by atoms with Gasteiger partial charge in [0.1, 0.15) is 5.75 Å². The lowest BCUT2D eigenvalue weighted by Gasteiger charge is -2.08. The highest BCUT2D eigenvalue weighted by Gasteiger charge is 2.05. The Morgan fingerprint density at radius 1 is 1.44 bits per heavy atom. The van der Waals surface area contributed by atoms with Gasteiger partial charge in [0.15, 0.2) is 6.61 Å². The summed E-state index contributed by atoms with van der Waals surface area (Å²) in [7, 11) is 0. The Kier molecular flexibility index (Phi) is 5.38. The van der Waals surface area contributed by atoms with Gasteiger partial charge in [-0.2, -0.15) is 0 Å². The van der Waals surface area contributed by atoms with Gasteiger partial charge in [-0.1, -0.05) is 23.2 Å². The average molecular weight is 264 g/mol. The van der Waals surface area contributed by atoms with Gasteiger partial charge in [-0.3, -0.25) is 4.79 Å². The zero-order chi connectivity index (χ0) is 12.0. The lowest BCUT2D eigenvalue weighted by atomic mass is 10.3. The zero-order valence-corrected chi connectivity index (χ0v) is 9.88. The number of nitrogens with one attached hydrogen (secondary N) is 1. The van der Waals surface area contributed by atoms with E-state index in [1.54, 1.807) is 12.1 Å². The fourth-order valence-electron chi connectivity index (χ4n) is 0.982. The third kappa shape index (κ3) is 4.26. The molecular formula is C10H11Cl2NO3. The highest BCUT2D eigenvalue weighted by Crippen LogP contribution is 2.27. The van der Waals surface area contributed by atoms with E-state index in [9.17, 15) is 4.79 Å². The third-order valence-corrected chi connectivity index (χ3v) is 2.22. The Hall–Kier alpha value is -0.970. The molecule has 0 aliphatic heterocycles. The van der Waals surface area contributed by atoms with Crippen molar-refractivity contribution in [1.82, 2.24) is 5.32 Å². The summed E-state index contributed by atoms with van der Waals surface area (Å²) in [5.41, 5.74) is 0. The van der Waals surface area contributed by atoms with Gasteiger partial charge >= 0.3 is 0 Å². The van der Waals surface area contributed by atoms with E-state index in [0.717, 1.165) is 0 Å². The Balaban J connectivity index is 2.45. The van der Waals surface area contributed by atoms with Gasteiger partial charge in [0.05, 0.1) is 11.6 Å². The minimum atomic E-state index is -0.319. The number of amides is 1. The summed E-state index contributed by atoms with van der Waals surface area (Å²) in [5.74, 6) is 0.0743. The molecule has 1 aromatic carbocycles. The predicted molar refractivity (Wildman–Crippen MR) is 62.1 cm³/mol. The molecule has 16 heavy (non-hydrogen) atoms. The van der Waals surface area contributed by atoms with Crippen LogP contribution in [0.4, 0.5) is 0 Å². The molecule has 0 fully saturated rings. The van der Waals surface area contributed by atoms with E-state index in [1.807, 2.05) is 0 Å². The van der Waals surface area contributed by atoms with E-state index in [0.29, 0.717) is 15.8 Å². The van der Waals surface area contributed by atoms with E-state index in [-0.39, 0.29) is 25.7 Å². The molecule has 1 rings (SSSR count). The summed E-state index contributed by atoms with van der Waals surface area (Å²) in [5, 5.41) is 11.8. The topological polar surface area (TPSA) is 58.6 Å². The van der Waals surface area contributed by atoms with Crippen molar-refractivity contribution in [3.05, 3.63) is 28.2 Å². The normalized spacial score (nSPS) is 9.94. The fourth-order valence-corrected chi connectivity index (χ4v) is 1.44. The zero-order valence-electron chi connectivity index (χ0n) is 8.37. The van der Waals surface area contributed by atoms with Gasteiger partial charge in [-0.05, 0) is 18.2 Å². The number of rotatable bonds is 5. The first-order valence-electron chi connectivity index (χ1n) is 4.59. The highest BCUT2D eigenvalue weighted by atomic mass is 35.5. The molecule has 0 aliphatic carbocycles. The first-order valence-corrected chi connectivity index (χ1v) is 5.34. The molecule has 0 bridgehead atoms. The summed E-state index contributed by atoms with van der Waals surface area (Å²) < 4.78 is 5.17. The minimum Gasteiger partial charge on any atom is -0.482 e. The quantitative estimate of drug-likeness (QED) is 0.846.